The topological polar surface area (TPSA) is 58.2 Å². The Morgan fingerprint density at radius 1 is 0.929 bits per heavy atom. The van der Waals surface area contributed by atoms with Gasteiger partial charge in [0.05, 0.1) is 0 Å². The van der Waals surface area contributed by atoms with Crippen LogP contribution in [0.4, 0.5) is 0 Å². The summed E-state index contributed by atoms with van der Waals surface area (Å²) < 4.78 is 0. The molecular formula is C10H14N2O2. The van der Waals surface area contributed by atoms with E-state index in [0.717, 1.165) is 12.2 Å². The molecule has 0 bridgehead atoms. The van der Waals surface area contributed by atoms with Crippen molar-refractivity contribution in [2.75, 3.05) is 0 Å². The average molecular weight is 194 g/mol. The van der Waals surface area contributed by atoms with Gasteiger partial charge in [0.15, 0.2) is 0 Å². The first-order valence-electron chi connectivity index (χ1n) is 4.05. The van der Waals surface area contributed by atoms with Crippen LogP contribution in [0.5, 0.6) is 0 Å². The predicted molar refractivity (Wildman–Crippen MR) is 55.1 cm³/mol. The summed E-state index contributed by atoms with van der Waals surface area (Å²) in [5.74, 6) is -0.621. The fraction of sp³-hybridized carbons (Fsp3) is 0.200. The molecule has 0 heterocycles. The Kier molecular flexibility index (Phi) is 4.99. The first-order valence-corrected chi connectivity index (χ1v) is 4.05. The van der Waals surface area contributed by atoms with E-state index < -0.39 is 0 Å². The van der Waals surface area contributed by atoms with Crippen molar-refractivity contribution in [1.82, 2.24) is 10.6 Å². The summed E-state index contributed by atoms with van der Waals surface area (Å²) in [5.41, 5.74) is 1.15. The molecule has 0 aliphatic rings. The standard InChI is InChI=1S/C10H14N2O2/c1-5-9(13)11-7(3)8(4)12-10(14)6-2/h5-6H,1-2H2,3-4H3,(H,11,13)(H,12,14)/b8-7+. The molecule has 0 aliphatic carbocycles. The molecule has 0 aromatic heterocycles. The minimum absolute atomic E-state index is 0.310. The van der Waals surface area contributed by atoms with E-state index in [0.29, 0.717) is 11.4 Å². The SMILES string of the molecule is C=CC(=O)N/C(C)=C(\C)NC(=O)C=C. The summed E-state index contributed by atoms with van der Waals surface area (Å²) in [6, 6.07) is 0. The number of allylic oxidation sites excluding steroid dienone is 2. The first kappa shape index (κ1) is 12.2. The molecule has 0 aromatic rings. The third-order valence-electron chi connectivity index (χ3n) is 1.55. The maximum Gasteiger partial charge on any atom is 0.247 e. The van der Waals surface area contributed by atoms with Crippen LogP contribution in [0.3, 0.4) is 0 Å². The van der Waals surface area contributed by atoms with Crippen LogP contribution in [-0.2, 0) is 9.59 Å². The minimum Gasteiger partial charge on any atom is -0.325 e. The monoisotopic (exact) mass is 194 g/mol. The fourth-order valence-corrected chi connectivity index (χ4v) is 0.659. The third-order valence-corrected chi connectivity index (χ3v) is 1.55. The summed E-state index contributed by atoms with van der Waals surface area (Å²) in [7, 11) is 0. The van der Waals surface area contributed by atoms with Crippen molar-refractivity contribution in [1.29, 1.82) is 0 Å². The van der Waals surface area contributed by atoms with Crippen molar-refractivity contribution in [3.63, 3.8) is 0 Å². The molecule has 2 N–H and O–H groups in total. The highest BCUT2D eigenvalue weighted by molar-refractivity contribution is 5.89. The van der Waals surface area contributed by atoms with Crippen LogP contribution in [-0.4, -0.2) is 11.8 Å². The summed E-state index contributed by atoms with van der Waals surface area (Å²) in [6.45, 7) is 9.99. The van der Waals surface area contributed by atoms with E-state index in [2.05, 4.69) is 23.8 Å². The van der Waals surface area contributed by atoms with Crippen molar-refractivity contribution >= 4 is 11.8 Å². The molecule has 2 amide bonds. The molecule has 0 radical (unpaired) electrons. The number of rotatable bonds is 4. The quantitative estimate of drug-likeness (QED) is 0.651. The third kappa shape index (κ3) is 4.25. The lowest BCUT2D eigenvalue weighted by Gasteiger charge is -2.08. The van der Waals surface area contributed by atoms with Gasteiger partial charge in [0, 0.05) is 11.4 Å². The van der Waals surface area contributed by atoms with E-state index in [9.17, 15) is 9.59 Å². The Morgan fingerprint density at radius 2 is 1.21 bits per heavy atom. The summed E-state index contributed by atoms with van der Waals surface area (Å²) in [5, 5.41) is 5.06. The highest BCUT2D eigenvalue weighted by Crippen LogP contribution is 1.95. The number of hydrogen-bond acceptors (Lipinski definition) is 2. The zero-order valence-electron chi connectivity index (χ0n) is 8.39. The molecule has 0 fully saturated rings. The van der Waals surface area contributed by atoms with Gasteiger partial charge in [0.2, 0.25) is 11.8 Å². The molecule has 14 heavy (non-hydrogen) atoms. The van der Waals surface area contributed by atoms with Gasteiger partial charge in [0.25, 0.3) is 0 Å². The molecule has 0 spiro atoms. The Balaban J connectivity index is 4.42. The van der Waals surface area contributed by atoms with Crippen molar-refractivity contribution in [3.05, 3.63) is 36.7 Å². The van der Waals surface area contributed by atoms with Gasteiger partial charge in [-0.3, -0.25) is 9.59 Å². The second kappa shape index (κ2) is 5.75. The predicted octanol–water partition coefficient (Wildman–Crippen LogP) is 0.842. The summed E-state index contributed by atoms with van der Waals surface area (Å²) in [4.78, 5) is 21.8. The van der Waals surface area contributed by atoms with Crippen LogP contribution in [0.1, 0.15) is 13.8 Å². The van der Waals surface area contributed by atoms with Gasteiger partial charge in [-0.15, -0.1) is 0 Å². The summed E-state index contributed by atoms with van der Waals surface area (Å²) in [6.07, 6.45) is 2.32. The van der Waals surface area contributed by atoms with E-state index in [1.165, 1.54) is 0 Å². The van der Waals surface area contributed by atoms with Crippen molar-refractivity contribution in [2.45, 2.75) is 13.8 Å². The highest BCUT2D eigenvalue weighted by atomic mass is 16.2. The van der Waals surface area contributed by atoms with Crippen LogP contribution in [0, 0.1) is 0 Å². The van der Waals surface area contributed by atoms with Crippen LogP contribution >= 0.6 is 0 Å². The molecule has 4 heteroatoms. The molecule has 0 saturated heterocycles. The van der Waals surface area contributed by atoms with Crippen molar-refractivity contribution in [2.24, 2.45) is 0 Å². The smallest absolute Gasteiger partial charge is 0.247 e. The number of carbonyl (C=O) groups is 2. The van der Waals surface area contributed by atoms with Gasteiger partial charge in [-0.05, 0) is 26.0 Å². The molecule has 0 atom stereocenters. The second-order valence-electron chi connectivity index (χ2n) is 2.64. The molecule has 76 valence electrons. The van der Waals surface area contributed by atoms with Crippen molar-refractivity contribution in [3.8, 4) is 0 Å². The largest absolute Gasteiger partial charge is 0.325 e. The zero-order valence-corrected chi connectivity index (χ0v) is 8.39. The molecule has 0 rings (SSSR count). The van der Waals surface area contributed by atoms with Crippen molar-refractivity contribution < 1.29 is 9.59 Å². The van der Waals surface area contributed by atoms with E-state index >= 15 is 0 Å². The Labute approximate surface area is 83.4 Å². The van der Waals surface area contributed by atoms with Gasteiger partial charge < -0.3 is 10.6 Å². The molecule has 0 aliphatic heterocycles. The maximum absolute atomic E-state index is 10.9. The number of carbonyl (C=O) groups excluding carboxylic acids is 2. The minimum atomic E-state index is -0.310. The molecular weight excluding hydrogens is 180 g/mol. The normalized spacial score (nSPS) is 11.0. The van der Waals surface area contributed by atoms with E-state index in [-0.39, 0.29) is 11.8 Å². The second-order valence-corrected chi connectivity index (χ2v) is 2.64. The molecule has 4 nitrogen and oxygen atoms in total. The maximum atomic E-state index is 10.9. The van der Waals surface area contributed by atoms with Crippen LogP contribution in [0.15, 0.2) is 36.7 Å². The Bertz CT molecular complexity index is 273. The van der Waals surface area contributed by atoms with Crippen LogP contribution in [0.25, 0.3) is 0 Å². The number of hydrogen-bond donors (Lipinski definition) is 2. The van der Waals surface area contributed by atoms with Gasteiger partial charge in [-0.25, -0.2) is 0 Å². The molecule has 0 unspecified atom stereocenters. The highest BCUT2D eigenvalue weighted by Gasteiger charge is 2.01. The van der Waals surface area contributed by atoms with E-state index in [1.807, 2.05) is 0 Å². The van der Waals surface area contributed by atoms with Crippen LogP contribution in [0.2, 0.25) is 0 Å². The Morgan fingerprint density at radius 3 is 1.43 bits per heavy atom. The van der Waals surface area contributed by atoms with Gasteiger partial charge in [0.1, 0.15) is 0 Å². The molecule has 0 aromatic carbocycles. The lowest BCUT2D eigenvalue weighted by molar-refractivity contribution is -0.117. The van der Waals surface area contributed by atoms with Gasteiger partial charge in [-0.1, -0.05) is 13.2 Å². The van der Waals surface area contributed by atoms with Crippen LogP contribution < -0.4 is 10.6 Å². The lowest BCUT2D eigenvalue weighted by Crippen LogP contribution is -2.26. The fourth-order valence-electron chi connectivity index (χ4n) is 0.659. The lowest BCUT2D eigenvalue weighted by atomic mass is 10.3. The zero-order chi connectivity index (χ0) is 11.1. The van der Waals surface area contributed by atoms with Gasteiger partial charge in [-0.2, -0.15) is 0 Å². The summed E-state index contributed by atoms with van der Waals surface area (Å²) >= 11 is 0. The Hall–Kier alpha value is -1.84. The van der Waals surface area contributed by atoms with E-state index in [1.54, 1.807) is 13.8 Å². The molecule has 0 saturated carbocycles. The average Bonchev–Trinajstić information content (AvgIpc) is 2.17. The first-order chi connectivity index (χ1) is 6.51. The van der Waals surface area contributed by atoms with Gasteiger partial charge >= 0.3 is 0 Å². The number of nitrogens with one attached hydrogen (secondary N) is 2. The number of amides is 2. The van der Waals surface area contributed by atoms with E-state index in [4.69, 9.17) is 0 Å².